The zero-order valence-electron chi connectivity index (χ0n) is 10.6. The van der Waals surface area contributed by atoms with Gasteiger partial charge in [-0.25, -0.2) is 4.39 Å². The van der Waals surface area contributed by atoms with E-state index < -0.39 is 0 Å². The Kier molecular flexibility index (Phi) is 2.42. The van der Waals surface area contributed by atoms with Gasteiger partial charge in [0.1, 0.15) is 5.82 Å². The largest absolute Gasteiger partial charge is 0.339 e. The topological polar surface area (TPSA) is 62.7 Å². The average Bonchev–Trinajstić information content (AvgIpc) is 2.76. The van der Waals surface area contributed by atoms with Gasteiger partial charge in [0.2, 0.25) is 11.7 Å². The van der Waals surface area contributed by atoms with Gasteiger partial charge in [0, 0.05) is 5.56 Å². The van der Waals surface area contributed by atoms with Crippen molar-refractivity contribution in [2.45, 2.75) is 19.8 Å². The minimum atomic E-state index is -0.305. The van der Waals surface area contributed by atoms with Gasteiger partial charge < -0.3 is 4.52 Å². The van der Waals surface area contributed by atoms with Gasteiger partial charge in [-0.2, -0.15) is 10.2 Å². The summed E-state index contributed by atoms with van der Waals surface area (Å²) in [6.07, 6.45) is 0. The van der Waals surface area contributed by atoms with Crippen LogP contribution in [0.1, 0.15) is 25.7 Å². The van der Waals surface area contributed by atoms with Crippen LogP contribution in [0.5, 0.6) is 0 Å². The smallest absolute Gasteiger partial charge is 0.232 e. The fourth-order valence-corrected chi connectivity index (χ4v) is 2.42. The molecule has 1 aromatic heterocycles. The molecule has 0 bridgehead atoms. The molecule has 1 aliphatic rings. The van der Waals surface area contributed by atoms with Crippen molar-refractivity contribution in [1.29, 1.82) is 5.26 Å². The van der Waals surface area contributed by atoms with Gasteiger partial charge in [0.05, 0.1) is 17.9 Å². The van der Waals surface area contributed by atoms with Crippen LogP contribution in [0, 0.1) is 28.5 Å². The molecular weight excluding hydrogens is 245 g/mol. The van der Waals surface area contributed by atoms with Crippen LogP contribution in [0.4, 0.5) is 4.39 Å². The van der Waals surface area contributed by atoms with E-state index in [1.54, 1.807) is 12.1 Å². The minimum absolute atomic E-state index is 0.0146. The lowest BCUT2D eigenvalue weighted by Crippen LogP contribution is -1.90. The molecule has 0 N–H and O–H groups in total. The summed E-state index contributed by atoms with van der Waals surface area (Å²) in [7, 11) is 0. The Hall–Kier alpha value is -2.22. The highest BCUT2D eigenvalue weighted by Crippen LogP contribution is 2.63. The van der Waals surface area contributed by atoms with Crippen molar-refractivity contribution in [2.75, 3.05) is 0 Å². The predicted molar refractivity (Wildman–Crippen MR) is 65.3 cm³/mol. The van der Waals surface area contributed by atoms with Crippen LogP contribution in [-0.4, -0.2) is 10.1 Å². The van der Waals surface area contributed by atoms with E-state index in [0.717, 1.165) is 0 Å². The highest BCUT2D eigenvalue weighted by atomic mass is 19.1. The normalized spacial score (nSPS) is 23.9. The van der Waals surface area contributed by atoms with Gasteiger partial charge in [-0.3, -0.25) is 0 Å². The van der Waals surface area contributed by atoms with E-state index in [1.165, 1.54) is 12.1 Å². The van der Waals surface area contributed by atoms with E-state index in [2.05, 4.69) is 16.2 Å². The Bertz CT molecular complexity index is 654. The predicted octanol–water partition coefficient (Wildman–Crippen LogP) is 3.14. The van der Waals surface area contributed by atoms with Crippen molar-refractivity contribution in [3.05, 3.63) is 36.0 Å². The minimum Gasteiger partial charge on any atom is -0.339 e. The lowest BCUT2D eigenvalue weighted by Gasteiger charge is -1.95. The molecule has 3 rings (SSSR count). The number of aromatic nitrogens is 2. The van der Waals surface area contributed by atoms with Crippen molar-refractivity contribution in [3.8, 4) is 17.5 Å². The molecule has 1 aromatic carbocycles. The second kappa shape index (κ2) is 3.89. The Morgan fingerprint density at radius 1 is 1.32 bits per heavy atom. The molecule has 2 unspecified atom stereocenters. The molecule has 0 radical (unpaired) electrons. The van der Waals surface area contributed by atoms with Gasteiger partial charge in [0.15, 0.2) is 0 Å². The summed E-state index contributed by atoms with van der Waals surface area (Å²) >= 11 is 0. The Balaban J connectivity index is 1.89. The number of rotatable bonds is 2. The van der Waals surface area contributed by atoms with Crippen molar-refractivity contribution in [2.24, 2.45) is 11.3 Å². The summed E-state index contributed by atoms with van der Waals surface area (Å²) in [5.41, 5.74) is 0.574. The lowest BCUT2D eigenvalue weighted by atomic mass is 10.1. The first-order chi connectivity index (χ1) is 9.04. The zero-order chi connectivity index (χ0) is 13.6. The number of nitriles is 1. The van der Waals surface area contributed by atoms with Crippen LogP contribution in [0.15, 0.2) is 28.8 Å². The van der Waals surface area contributed by atoms with Crippen molar-refractivity contribution >= 4 is 0 Å². The van der Waals surface area contributed by atoms with Crippen molar-refractivity contribution in [1.82, 2.24) is 10.1 Å². The molecule has 4 nitrogen and oxygen atoms in total. The Morgan fingerprint density at radius 2 is 2.00 bits per heavy atom. The molecule has 0 aliphatic heterocycles. The molecule has 1 aliphatic carbocycles. The third-order valence-electron chi connectivity index (χ3n) is 3.78. The maximum absolute atomic E-state index is 12.8. The summed E-state index contributed by atoms with van der Waals surface area (Å²) in [4.78, 5) is 4.31. The number of nitrogens with zero attached hydrogens (tertiary/aromatic N) is 3. The molecule has 96 valence electrons. The third kappa shape index (κ3) is 1.80. The SMILES string of the molecule is CC1(C)C(C#N)C1c1nc(-c2ccc(F)cc2)no1. The van der Waals surface area contributed by atoms with E-state index in [1.807, 2.05) is 13.8 Å². The molecule has 5 heteroatoms. The molecule has 0 spiro atoms. The summed E-state index contributed by atoms with van der Waals surface area (Å²) in [5.74, 6) is 0.499. The van der Waals surface area contributed by atoms with E-state index in [-0.39, 0.29) is 23.1 Å². The number of hydrogen-bond donors (Lipinski definition) is 0. The van der Waals surface area contributed by atoms with Gasteiger partial charge >= 0.3 is 0 Å². The molecule has 19 heavy (non-hydrogen) atoms. The van der Waals surface area contributed by atoms with Crippen LogP contribution in [0.2, 0.25) is 0 Å². The molecule has 0 amide bonds. The molecule has 0 saturated heterocycles. The third-order valence-corrected chi connectivity index (χ3v) is 3.78. The fourth-order valence-electron chi connectivity index (χ4n) is 2.42. The molecule has 1 fully saturated rings. The van der Waals surface area contributed by atoms with Gasteiger partial charge in [-0.1, -0.05) is 19.0 Å². The standard InChI is InChI=1S/C14H12FN3O/c1-14(2)10(7-16)11(14)13-17-12(18-19-13)8-3-5-9(15)6-4-8/h3-6,10-11H,1-2H3. The van der Waals surface area contributed by atoms with Crippen molar-refractivity contribution in [3.63, 3.8) is 0 Å². The highest BCUT2D eigenvalue weighted by Gasteiger charge is 2.62. The molecule has 1 heterocycles. The Labute approximate surface area is 109 Å². The van der Waals surface area contributed by atoms with Crippen LogP contribution in [-0.2, 0) is 0 Å². The fraction of sp³-hybridized carbons (Fsp3) is 0.357. The number of halogens is 1. The second-order valence-electron chi connectivity index (χ2n) is 5.37. The second-order valence-corrected chi connectivity index (χ2v) is 5.37. The molecular formula is C14H12FN3O. The summed E-state index contributed by atoms with van der Waals surface area (Å²) in [5, 5.41) is 12.9. The summed E-state index contributed by atoms with van der Waals surface area (Å²) in [6, 6.07) is 8.16. The van der Waals surface area contributed by atoms with E-state index in [9.17, 15) is 4.39 Å². The molecule has 2 atom stereocenters. The molecule has 1 saturated carbocycles. The lowest BCUT2D eigenvalue weighted by molar-refractivity contribution is 0.368. The first kappa shape index (κ1) is 11.8. The van der Waals surface area contributed by atoms with E-state index in [0.29, 0.717) is 17.3 Å². The summed E-state index contributed by atoms with van der Waals surface area (Å²) < 4.78 is 18.1. The van der Waals surface area contributed by atoms with Crippen LogP contribution in [0.25, 0.3) is 11.4 Å². The Morgan fingerprint density at radius 3 is 2.58 bits per heavy atom. The zero-order valence-corrected chi connectivity index (χ0v) is 10.6. The number of hydrogen-bond acceptors (Lipinski definition) is 4. The van der Waals surface area contributed by atoms with Gasteiger partial charge in [0.25, 0.3) is 0 Å². The maximum Gasteiger partial charge on any atom is 0.232 e. The van der Waals surface area contributed by atoms with Crippen LogP contribution in [0.3, 0.4) is 0 Å². The quantitative estimate of drug-likeness (QED) is 0.829. The van der Waals surface area contributed by atoms with Crippen LogP contribution < -0.4 is 0 Å². The molecule has 2 aromatic rings. The maximum atomic E-state index is 12.8. The van der Waals surface area contributed by atoms with Gasteiger partial charge in [-0.15, -0.1) is 0 Å². The van der Waals surface area contributed by atoms with E-state index >= 15 is 0 Å². The van der Waals surface area contributed by atoms with Gasteiger partial charge in [-0.05, 0) is 29.7 Å². The van der Waals surface area contributed by atoms with Crippen molar-refractivity contribution < 1.29 is 8.91 Å². The van der Waals surface area contributed by atoms with E-state index in [4.69, 9.17) is 9.78 Å². The van der Waals surface area contributed by atoms with Crippen LogP contribution >= 0.6 is 0 Å². The summed E-state index contributed by atoms with van der Waals surface area (Å²) in [6.45, 7) is 4.01. The first-order valence-electron chi connectivity index (χ1n) is 6.03. The monoisotopic (exact) mass is 257 g/mol. The average molecular weight is 257 g/mol. The highest BCUT2D eigenvalue weighted by molar-refractivity contribution is 5.54. The number of benzene rings is 1. The first-order valence-corrected chi connectivity index (χ1v) is 6.03.